The minimum absolute atomic E-state index is 0.317. The highest BCUT2D eigenvalue weighted by atomic mass is 14.9. The van der Waals surface area contributed by atoms with Gasteiger partial charge in [-0.3, -0.25) is 0 Å². The van der Waals surface area contributed by atoms with Crippen LogP contribution in [0.15, 0.2) is 18.2 Å². The molecule has 0 atom stereocenters. The van der Waals surface area contributed by atoms with E-state index in [4.69, 9.17) is 16.3 Å². The second-order valence-corrected chi connectivity index (χ2v) is 3.21. The summed E-state index contributed by atoms with van der Waals surface area (Å²) in [6.07, 6.45) is 0. The van der Waals surface area contributed by atoms with Gasteiger partial charge in [-0.2, -0.15) is 10.5 Å². The summed E-state index contributed by atoms with van der Waals surface area (Å²) in [6.45, 7) is 2.21. The molecule has 0 bridgehead atoms. The number of rotatable bonds is 3. The Morgan fingerprint density at radius 2 is 2.07 bits per heavy atom. The van der Waals surface area contributed by atoms with Gasteiger partial charge in [-0.15, -0.1) is 0 Å². The molecule has 4 nitrogen and oxygen atoms in total. The molecule has 0 aliphatic heterocycles. The van der Waals surface area contributed by atoms with Crippen molar-refractivity contribution in [1.29, 1.82) is 10.5 Å². The van der Waals surface area contributed by atoms with E-state index in [1.165, 1.54) is 0 Å². The average molecular weight is 200 g/mol. The lowest BCUT2D eigenvalue weighted by molar-refractivity contribution is 0.887. The SMILES string of the molecule is Cc1c(N)cccc1NCC(C#N)C#N. The zero-order valence-electron chi connectivity index (χ0n) is 8.49. The van der Waals surface area contributed by atoms with E-state index >= 15 is 0 Å². The Labute approximate surface area is 88.9 Å². The van der Waals surface area contributed by atoms with Crippen molar-refractivity contribution in [3.05, 3.63) is 23.8 Å². The number of nitriles is 2. The number of nitrogens with zero attached hydrogens (tertiary/aromatic N) is 2. The van der Waals surface area contributed by atoms with Crippen molar-refractivity contribution in [3.63, 3.8) is 0 Å². The molecule has 0 radical (unpaired) electrons. The summed E-state index contributed by atoms with van der Waals surface area (Å²) < 4.78 is 0. The molecule has 0 aliphatic carbocycles. The van der Waals surface area contributed by atoms with Crippen molar-refractivity contribution < 1.29 is 0 Å². The smallest absolute Gasteiger partial charge is 0.150 e. The minimum Gasteiger partial charge on any atom is -0.398 e. The van der Waals surface area contributed by atoms with Crippen LogP contribution in [0.1, 0.15) is 5.56 Å². The Bertz CT molecular complexity index is 411. The molecule has 0 aliphatic rings. The van der Waals surface area contributed by atoms with Crippen LogP contribution in [0.4, 0.5) is 11.4 Å². The number of nitrogens with one attached hydrogen (secondary N) is 1. The normalized spacial score (nSPS) is 9.33. The van der Waals surface area contributed by atoms with Gasteiger partial charge in [0, 0.05) is 17.9 Å². The highest BCUT2D eigenvalue weighted by molar-refractivity contribution is 5.62. The van der Waals surface area contributed by atoms with Gasteiger partial charge in [0.2, 0.25) is 0 Å². The van der Waals surface area contributed by atoms with Crippen molar-refractivity contribution >= 4 is 11.4 Å². The van der Waals surface area contributed by atoms with Crippen molar-refractivity contribution in [2.75, 3.05) is 17.6 Å². The summed E-state index contributed by atoms with van der Waals surface area (Å²) in [6, 6.07) is 9.32. The van der Waals surface area contributed by atoms with Gasteiger partial charge in [0.05, 0.1) is 12.1 Å². The van der Waals surface area contributed by atoms with Gasteiger partial charge in [0.15, 0.2) is 0 Å². The first-order chi connectivity index (χ1) is 7.19. The Hall–Kier alpha value is -2.20. The number of benzene rings is 1. The fourth-order valence-corrected chi connectivity index (χ4v) is 1.18. The van der Waals surface area contributed by atoms with E-state index in [1.807, 2.05) is 37.3 Å². The van der Waals surface area contributed by atoms with E-state index in [-0.39, 0.29) is 0 Å². The summed E-state index contributed by atoms with van der Waals surface area (Å²) in [5.74, 6) is -0.633. The Kier molecular flexibility index (Phi) is 3.54. The third kappa shape index (κ3) is 2.62. The Morgan fingerprint density at radius 3 is 2.67 bits per heavy atom. The predicted octanol–water partition coefficient (Wildman–Crippen LogP) is 1.65. The lowest BCUT2D eigenvalue weighted by atomic mass is 10.1. The lowest BCUT2D eigenvalue weighted by Gasteiger charge is -2.10. The third-order valence-electron chi connectivity index (χ3n) is 2.18. The van der Waals surface area contributed by atoms with Crippen molar-refractivity contribution in [1.82, 2.24) is 0 Å². The first-order valence-corrected chi connectivity index (χ1v) is 4.57. The van der Waals surface area contributed by atoms with Crippen LogP contribution >= 0.6 is 0 Å². The lowest BCUT2D eigenvalue weighted by Crippen LogP contribution is -2.11. The molecule has 76 valence electrons. The molecule has 0 fully saturated rings. The van der Waals surface area contributed by atoms with E-state index < -0.39 is 5.92 Å². The monoisotopic (exact) mass is 200 g/mol. The standard InChI is InChI=1S/C11H12N4/c1-8-10(14)3-2-4-11(8)15-7-9(5-12)6-13/h2-4,9,15H,7,14H2,1H3. The van der Waals surface area contributed by atoms with Gasteiger partial charge in [-0.1, -0.05) is 6.07 Å². The fraction of sp³-hybridized carbons (Fsp3) is 0.273. The fourth-order valence-electron chi connectivity index (χ4n) is 1.18. The van der Waals surface area contributed by atoms with Crippen LogP contribution < -0.4 is 11.1 Å². The third-order valence-corrected chi connectivity index (χ3v) is 2.18. The maximum absolute atomic E-state index is 8.59. The van der Waals surface area contributed by atoms with Crippen LogP contribution in [0.5, 0.6) is 0 Å². The van der Waals surface area contributed by atoms with Crippen LogP contribution in [-0.2, 0) is 0 Å². The summed E-state index contributed by atoms with van der Waals surface area (Å²) in [5.41, 5.74) is 8.22. The number of hydrogen-bond acceptors (Lipinski definition) is 4. The summed E-state index contributed by atoms with van der Waals surface area (Å²) in [5, 5.41) is 20.2. The molecule has 3 N–H and O–H groups in total. The molecule has 15 heavy (non-hydrogen) atoms. The molecule has 0 heterocycles. The molecule has 4 heteroatoms. The maximum Gasteiger partial charge on any atom is 0.150 e. The van der Waals surface area contributed by atoms with Gasteiger partial charge in [0.25, 0.3) is 0 Å². The van der Waals surface area contributed by atoms with Crippen LogP contribution in [0, 0.1) is 35.5 Å². The van der Waals surface area contributed by atoms with Crippen LogP contribution in [0.25, 0.3) is 0 Å². The first-order valence-electron chi connectivity index (χ1n) is 4.57. The zero-order valence-corrected chi connectivity index (χ0v) is 8.49. The largest absolute Gasteiger partial charge is 0.398 e. The highest BCUT2D eigenvalue weighted by Gasteiger charge is 2.06. The quantitative estimate of drug-likeness (QED) is 0.726. The minimum atomic E-state index is -0.633. The molecule has 1 aromatic rings. The van der Waals surface area contributed by atoms with Crippen molar-refractivity contribution in [2.45, 2.75) is 6.92 Å². The second-order valence-electron chi connectivity index (χ2n) is 3.21. The molecule has 0 amide bonds. The number of anilines is 2. The summed E-state index contributed by atoms with van der Waals surface area (Å²) in [4.78, 5) is 0. The molecule has 0 saturated carbocycles. The molecular weight excluding hydrogens is 188 g/mol. The maximum atomic E-state index is 8.59. The summed E-state index contributed by atoms with van der Waals surface area (Å²) in [7, 11) is 0. The number of nitrogen functional groups attached to an aromatic ring is 1. The average Bonchev–Trinajstić information content (AvgIpc) is 2.25. The topological polar surface area (TPSA) is 85.6 Å². The second kappa shape index (κ2) is 4.88. The highest BCUT2D eigenvalue weighted by Crippen LogP contribution is 2.20. The Balaban J connectivity index is 2.71. The van der Waals surface area contributed by atoms with Crippen LogP contribution in [-0.4, -0.2) is 6.54 Å². The molecule has 0 aromatic heterocycles. The van der Waals surface area contributed by atoms with E-state index in [2.05, 4.69) is 5.32 Å². The van der Waals surface area contributed by atoms with E-state index in [9.17, 15) is 0 Å². The van der Waals surface area contributed by atoms with Crippen LogP contribution in [0.3, 0.4) is 0 Å². The molecule has 1 rings (SSSR count). The zero-order chi connectivity index (χ0) is 11.3. The molecule has 1 aromatic carbocycles. The Morgan fingerprint density at radius 1 is 1.40 bits per heavy atom. The molecular formula is C11H12N4. The summed E-state index contributed by atoms with van der Waals surface area (Å²) >= 11 is 0. The van der Waals surface area contributed by atoms with Gasteiger partial charge in [-0.25, -0.2) is 0 Å². The van der Waals surface area contributed by atoms with Gasteiger partial charge >= 0.3 is 0 Å². The van der Waals surface area contributed by atoms with E-state index in [0.717, 1.165) is 11.3 Å². The molecule has 0 spiro atoms. The van der Waals surface area contributed by atoms with Gasteiger partial charge in [0.1, 0.15) is 5.92 Å². The van der Waals surface area contributed by atoms with Gasteiger partial charge < -0.3 is 11.1 Å². The van der Waals surface area contributed by atoms with Gasteiger partial charge in [-0.05, 0) is 24.6 Å². The van der Waals surface area contributed by atoms with Crippen molar-refractivity contribution in [3.8, 4) is 12.1 Å². The molecule has 0 saturated heterocycles. The number of hydrogen-bond donors (Lipinski definition) is 2. The van der Waals surface area contributed by atoms with E-state index in [0.29, 0.717) is 12.2 Å². The predicted molar refractivity (Wildman–Crippen MR) is 58.8 cm³/mol. The van der Waals surface area contributed by atoms with Crippen molar-refractivity contribution in [2.24, 2.45) is 5.92 Å². The van der Waals surface area contributed by atoms with E-state index in [1.54, 1.807) is 0 Å². The van der Waals surface area contributed by atoms with Crippen LogP contribution in [0.2, 0.25) is 0 Å². The number of nitrogens with two attached hydrogens (primary N) is 1. The first kappa shape index (κ1) is 10.9. The molecule has 0 unspecified atom stereocenters.